The number of rotatable bonds is 5. The van der Waals surface area contributed by atoms with Crippen LogP contribution in [0.3, 0.4) is 0 Å². The highest BCUT2D eigenvalue weighted by Crippen LogP contribution is 2.28. The average Bonchev–Trinajstić information content (AvgIpc) is 2.35. The second-order valence-corrected chi connectivity index (χ2v) is 11.1. The summed E-state index contributed by atoms with van der Waals surface area (Å²) in [7, 11) is 0. The highest BCUT2D eigenvalue weighted by atomic mass is 127. The van der Waals surface area contributed by atoms with E-state index in [0.29, 0.717) is 0 Å². The van der Waals surface area contributed by atoms with Crippen molar-refractivity contribution >= 4 is 63.1 Å². The summed E-state index contributed by atoms with van der Waals surface area (Å²) in [5.41, 5.74) is -0.254. The number of hydrogen-bond acceptors (Lipinski definition) is 6. The number of ether oxygens (including phenoxy) is 2. The minimum atomic E-state index is -1.47. The van der Waals surface area contributed by atoms with Crippen molar-refractivity contribution < 1.29 is 29.0 Å². The van der Waals surface area contributed by atoms with Crippen LogP contribution in [0.5, 0.6) is 11.5 Å². The van der Waals surface area contributed by atoms with Gasteiger partial charge in [-0.25, -0.2) is 0 Å². The normalized spacial score (nSPS) is 11.7. The average molecular weight is 545 g/mol. The quantitative estimate of drug-likeness (QED) is 0.244. The van der Waals surface area contributed by atoms with E-state index in [1.54, 1.807) is 27.7 Å². The van der Waals surface area contributed by atoms with Crippen LogP contribution < -0.4 is 14.6 Å². The summed E-state index contributed by atoms with van der Waals surface area (Å²) in [6.45, 7) is 6.60. The van der Waals surface area contributed by atoms with Gasteiger partial charge in [-0.05, 0) is 39.8 Å². The standard InChI is InChI=1S/C15H16I2O6/c1-14(2,16)12(20)22-9-5-8(11(18)19)6-10(7-9)23-13(21)15(3,4)17/h5-7H,1-4H3,(H,18,19)/p-1. The van der Waals surface area contributed by atoms with Crippen LogP contribution in [-0.4, -0.2) is 24.8 Å². The van der Waals surface area contributed by atoms with Crippen molar-refractivity contribution in [3.8, 4) is 11.5 Å². The lowest BCUT2D eigenvalue weighted by molar-refractivity contribution is -0.255. The molecule has 8 heteroatoms. The molecule has 0 aromatic heterocycles. The minimum Gasteiger partial charge on any atom is -0.545 e. The van der Waals surface area contributed by atoms with E-state index in [2.05, 4.69) is 0 Å². The van der Waals surface area contributed by atoms with Gasteiger partial charge >= 0.3 is 11.9 Å². The van der Waals surface area contributed by atoms with Crippen LogP contribution in [0.4, 0.5) is 0 Å². The van der Waals surface area contributed by atoms with Crippen LogP contribution >= 0.6 is 45.2 Å². The molecule has 23 heavy (non-hydrogen) atoms. The molecule has 0 aliphatic rings. The Morgan fingerprint density at radius 2 is 1.22 bits per heavy atom. The van der Waals surface area contributed by atoms with Crippen LogP contribution in [0, 0.1) is 0 Å². The Morgan fingerprint density at radius 1 is 0.870 bits per heavy atom. The maximum atomic E-state index is 11.9. The van der Waals surface area contributed by atoms with E-state index in [1.807, 2.05) is 45.2 Å². The first-order valence-electron chi connectivity index (χ1n) is 6.49. The number of esters is 2. The summed E-state index contributed by atoms with van der Waals surface area (Å²) in [6.07, 6.45) is 0. The van der Waals surface area contributed by atoms with Crippen molar-refractivity contribution in [3.63, 3.8) is 0 Å². The molecule has 0 heterocycles. The van der Waals surface area contributed by atoms with Crippen LogP contribution in [-0.2, 0) is 9.59 Å². The van der Waals surface area contributed by atoms with E-state index in [1.165, 1.54) is 6.07 Å². The molecule has 0 N–H and O–H groups in total. The van der Waals surface area contributed by atoms with Gasteiger partial charge in [-0.15, -0.1) is 0 Å². The molecule has 0 saturated heterocycles. The van der Waals surface area contributed by atoms with E-state index >= 15 is 0 Å². The number of carbonyl (C=O) groups excluding carboxylic acids is 3. The lowest BCUT2D eigenvalue weighted by Gasteiger charge is -2.18. The summed E-state index contributed by atoms with van der Waals surface area (Å²) in [5, 5.41) is 11.1. The van der Waals surface area contributed by atoms with Gasteiger partial charge in [0.2, 0.25) is 0 Å². The minimum absolute atomic E-state index is 0.0319. The number of aromatic carboxylic acids is 1. The molecule has 0 radical (unpaired) electrons. The monoisotopic (exact) mass is 545 g/mol. The molecule has 1 aromatic carbocycles. The van der Waals surface area contributed by atoms with Gasteiger partial charge in [-0.2, -0.15) is 0 Å². The molecule has 0 atom stereocenters. The van der Waals surface area contributed by atoms with Crippen LogP contribution in [0.2, 0.25) is 0 Å². The molecule has 0 spiro atoms. The van der Waals surface area contributed by atoms with Crippen molar-refractivity contribution in [2.45, 2.75) is 34.5 Å². The molecular formula is C15H15I2O6-. The number of halogens is 2. The number of carboxylic acids is 1. The van der Waals surface area contributed by atoms with Gasteiger partial charge in [0.15, 0.2) is 0 Å². The second kappa shape index (κ2) is 7.32. The van der Waals surface area contributed by atoms with Crippen molar-refractivity contribution in [2.75, 3.05) is 0 Å². The van der Waals surface area contributed by atoms with Crippen LogP contribution in [0.15, 0.2) is 18.2 Å². The maximum Gasteiger partial charge on any atom is 0.326 e. The van der Waals surface area contributed by atoms with Gasteiger partial charge in [-0.3, -0.25) is 9.59 Å². The van der Waals surface area contributed by atoms with Gasteiger partial charge in [0.25, 0.3) is 0 Å². The number of benzene rings is 1. The van der Waals surface area contributed by atoms with E-state index in [9.17, 15) is 19.5 Å². The SMILES string of the molecule is CC(C)(I)C(=O)Oc1cc(OC(=O)C(C)(C)I)cc(C(=O)[O-])c1. The Bertz CT molecular complexity index is 594. The predicted octanol–water partition coefficient (Wildman–Crippen LogP) is 2.29. The summed E-state index contributed by atoms with van der Waals surface area (Å²) < 4.78 is 8.70. The summed E-state index contributed by atoms with van der Waals surface area (Å²) >= 11 is 3.80. The third-order valence-electron chi connectivity index (χ3n) is 2.51. The van der Waals surface area contributed by atoms with Crippen molar-refractivity contribution in [2.24, 2.45) is 0 Å². The van der Waals surface area contributed by atoms with Gasteiger partial charge in [-0.1, -0.05) is 45.2 Å². The fourth-order valence-corrected chi connectivity index (χ4v) is 1.48. The molecule has 1 aromatic rings. The first kappa shape index (κ1) is 20.1. The first-order valence-corrected chi connectivity index (χ1v) is 8.65. The molecule has 6 nitrogen and oxygen atoms in total. The number of carbonyl (C=O) groups is 3. The maximum absolute atomic E-state index is 11.9. The third-order valence-corrected chi connectivity index (χ3v) is 3.39. The van der Waals surface area contributed by atoms with Gasteiger partial charge < -0.3 is 19.4 Å². The Balaban J connectivity index is 3.16. The number of hydrogen-bond donors (Lipinski definition) is 0. The Labute approximate surface area is 161 Å². The summed E-state index contributed by atoms with van der Waals surface area (Å²) in [5.74, 6) is -2.64. The molecule has 0 aliphatic carbocycles. The highest BCUT2D eigenvalue weighted by molar-refractivity contribution is 14.1. The van der Waals surface area contributed by atoms with E-state index in [0.717, 1.165) is 12.1 Å². The molecule has 0 aliphatic heterocycles. The van der Waals surface area contributed by atoms with Crippen molar-refractivity contribution in [3.05, 3.63) is 23.8 Å². The summed E-state index contributed by atoms with van der Waals surface area (Å²) in [4.78, 5) is 34.9. The lowest BCUT2D eigenvalue weighted by Crippen LogP contribution is -2.30. The van der Waals surface area contributed by atoms with Crippen molar-refractivity contribution in [1.82, 2.24) is 0 Å². The zero-order valence-electron chi connectivity index (χ0n) is 12.9. The van der Waals surface area contributed by atoms with Gasteiger partial charge in [0.05, 0.1) is 5.97 Å². The number of carboxylic acid groups (broad SMARTS) is 1. The molecule has 1 rings (SSSR count). The topological polar surface area (TPSA) is 92.7 Å². The molecule has 0 amide bonds. The molecular weight excluding hydrogens is 530 g/mol. The highest BCUT2D eigenvalue weighted by Gasteiger charge is 2.28. The molecule has 0 saturated carbocycles. The molecule has 0 unspecified atom stereocenters. The van der Waals surface area contributed by atoms with E-state index in [4.69, 9.17) is 9.47 Å². The smallest absolute Gasteiger partial charge is 0.326 e. The lowest BCUT2D eigenvalue weighted by atomic mass is 10.2. The Hall–Kier alpha value is -0.910. The fraction of sp³-hybridized carbons (Fsp3) is 0.400. The van der Waals surface area contributed by atoms with Crippen molar-refractivity contribution in [1.29, 1.82) is 0 Å². The Morgan fingerprint density at radius 3 is 1.48 bits per heavy atom. The summed E-state index contributed by atoms with van der Waals surface area (Å²) in [6, 6.07) is 3.57. The third kappa shape index (κ3) is 6.24. The zero-order valence-corrected chi connectivity index (χ0v) is 17.3. The van der Waals surface area contributed by atoms with Crippen LogP contribution in [0.25, 0.3) is 0 Å². The zero-order chi connectivity index (χ0) is 18.0. The van der Waals surface area contributed by atoms with E-state index in [-0.39, 0.29) is 17.1 Å². The molecule has 0 bridgehead atoms. The largest absolute Gasteiger partial charge is 0.545 e. The number of alkyl halides is 2. The Kier molecular flexibility index (Phi) is 6.41. The molecule has 126 valence electrons. The van der Waals surface area contributed by atoms with Crippen LogP contribution in [0.1, 0.15) is 38.1 Å². The molecule has 0 fully saturated rings. The van der Waals surface area contributed by atoms with Gasteiger partial charge in [0, 0.05) is 11.6 Å². The second-order valence-electron chi connectivity index (χ2n) is 5.70. The fourth-order valence-electron chi connectivity index (χ4n) is 1.26. The van der Waals surface area contributed by atoms with E-state index < -0.39 is 24.8 Å². The first-order chi connectivity index (χ1) is 10.3. The predicted molar refractivity (Wildman–Crippen MR) is 98.2 cm³/mol. The van der Waals surface area contributed by atoms with Gasteiger partial charge in [0.1, 0.15) is 18.3 Å².